The molecule has 0 amide bonds. The zero-order valence-electron chi connectivity index (χ0n) is 11.8. The molecule has 3 nitrogen and oxygen atoms in total. The van der Waals surface area contributed by atoms with E-state index in [0.717, 1.165) is 5.56 Å². The van der Waals surface area contributed by atoms with Crippen LogP contribution < -0.4 is 5.32 Å². The van der Waals surface area contributed by atoms with Crippen molar-refractivity contribution in [1.82, 2.24) is 10.3 Å². The molecule has 0 aliphatic carbocycles. The van der Waals surface area contributed by atoms with Crippen molar-refractivity contribution in [3.05, 3.63) is 29.8 Å². The summed E-state index contributed by atoms with van der Waals surface area (Å²) in [7, 11) is 1.85. The van der Waals surface area contributed by atoms with Crippen LogP contribution in [0.5, 0.6) is 0 Å². The van der Waals surface area contributed by atoms with Crippen LogP contribution in [-0.2, 0) is 4.74 Å². The Labute approximate surface area is 109 Å². The van der Waals surface area contributed by atoms with E-state index < -0.39 is 0 Å². The third-order valence-electron chi connectivity index (χ3n) is 2.90. The third-order valence-corrected chi connectivity index (χ3v) is 2.90. The molecule has 0 saturated carbocycles. The summed E-state index contributed by atoms with van der Waals surface area (Å²) in [5, 5.41) is 3.21. The van der Waals surface area contributed by atoms with Crippen LogP contribution in [0.25, 0.3) is 0 Å². The van der Waals surface area contributed by atoms with E-state index in [1.54, 1.807) is 6.20 Å². The maximum atomic E-state index is 13.3. The molecule has 0 aliphatic heterocycles. The van der Waals surface area contributed by atoms with Crippen LogP contribution in [0.15, 0.2) is 18.5 Å². The smallest absolute Gasteiger partial charge is 0.141 e. The van der Waals surface area contributed by atoms with Gasteiger partial charge in [0.2, 0.25) is 0 Å². The summed E-state index contributed by atoms with van der Waals surface area (Å²) in [6.45, 7) is 8.94. The SMILES string of the molecule is CCOC(C(NC)c1cncc(F)c1)C(C)(C)C. The molecule has 2 unspecified atom stereocenters. The molecule has 18 heavy (non-hydrogen) atoms. The molecule has 1 N–H and O–H groups in total. The zero-order chi connectivity index (χ0) is 13.8. The highest BCUT2D eigenvalue weighted by Gasteiger charge is 2.33. The fraction of sp³-hybridized carbons (Fsp3) is 0.643. The predicted octanol–water partition coefficient (Wildman–Crippen LogP) is 2.93. The van der Waals surface area contributed by atoms with Gasteiger partial charge in [-0.1, -0.05) is 20.8 Å². The fourth-order valence-corrected chi connectivity index (χ4v) is 2.12. The predicted molar refractivity (Wildman–Crippen MR) is 70.9 cm³/mol. The molecule has 1 heterocycles. The average Bonchev–Trinajstić information content (AvgIpc) is 2.28. The Bertz CT molecular complexity index is 376. The third kappa shape index (κ3) is 3.75. The summed E-state index contributed by atoms with van der Waals surface area (Å²) >= 11 is 0. The molecule has 0 saturated heterocycles. The van der Waals surface area contributed by atoms with Gasteiger partial charge in [0.25, 0.3) is 0 Å². The van der Waals surface area contributed by atoms with Crippen LogP contribution in [-0.4, -0.2) is 24.7 Å². The van der Waals surface area contributed by atoms with Crippen molar-refractivity contribution in [2.24, 2.45) is 5.41 Å². The number of nitrogens with zero attached hydrogens (tertiary/aromatic N) is 1. The summed E-state index contributed by atoms with van der Waals surface area (Å²) in [5.74, 6) is -0.322. The minimum Gasteiger partial charge on any atom is -0.376 e. The number of hydrogen-bond acceptors (Lipinski definition) is 3. The largest absolute Gasteiger partial charge is 0.376 e. The van der Waals surface area contributed by atoms with Crippen molar-refractivity contribution >= 4 is 0 Å². The second-order valence-electron chi connectivity index (χ2n) is 5.44. The molecule has 4 heteroatoms. The highest BCUT2D eigenvalue weighted by Crippen LogP contribution is 2.32. The second-order valence-corrected chi connectivity index (χ2v) is 5.44. The molecule has 102 valence electrons. The minimum absolute atomic E-state index is 0.0453. The number of rotatable bonds is 5. The van der Waals surface area contributed by atoms with Gasteiger partial charge >= 0.3 is 0 Å². The lowest BCUT2D eigenvalue weighted by Crippen LogP contribution is -2.41. The molecule has 0 spiro atoms. The van der Waals surface area contributed by atoms with Crippen LogP contribution >= 0.6 is 0 Å². The van der Waals surface area contributed by atoms with Crippen molar-refractivity contribution in [2.75, 3.05) is 13.7 Å². The quantitative estimate of drug-likeness (QED) is 0.877. The Hall–Kier alpha value is -1.00. The Morgan fingerprint density at radius 1 is 1.39 bits per heavy atom. The van der Waals surface area contributed by atoms with Gasteiger partial charge in [-0.3, -0.25) is 4.98 Å². The summed E-state index contributed by atoms with van der Waals surface area (Å²) in [5.41, 5.74) is 0.765. The Balaban J connectivity index is 3.06. The van der Waals surface area contributed by atoms with Gasteiger partial charge in [0, 0.05) is 12.8 Å². The van der Waals surface area contributed by atoms with E-state index in [1.807, 2.05) is 14.0 Å². The maximum absolute atomic E-state index is 13.3. The van der Waals surface area contributed by atoms with E-state index in [9.17, 15) is 4.39 Å². The monoisotopic (exact) mass is 254 g/mol. The Morgan fingerprint density at radius 3 is 2.50 bits per heavy atom. The van der Waals surface area contributed by atoms with E-state index in [1.165, 1.54) is 12.3 Å². The fourth-order valence-electron chi connectivity index (χ4n) is 2.12. The first-order chi connectivity index (χ1) is 8.40. The molecule has 0 aliphatic rings. The summed E-state index contributed by atoms with van der Waals surface area (Å²) in [6, 6.07) is 1.43. The summed E-state index contributed by atoms with van der Waals surface area (Å²) in [6.07, 6.45) is 2.85. The van der Waals surface area contributed by atoms with Gasteiger partial charge in [0.05, 0.1) is 18.3 Å². The Kier molecular flexibility index (Phi) is 5.23. The lowest BCUT2D eigenvalue weighted by atomic mass is 9.82. The minimum atomic E-state index is -0.322. The van der Waals surface area contributed by atoms with Crippen LogP contribution in [0.2, 0.25) is 0 Å². The first-order valence-electron chi connectivity index (χ1n) is 6.29. The van der Waals surface area contributed by atoms with Crippen molar-refractivity contribution in [3.8, 4) is 0 Å². The van der Waals surface area contributed by atoms with E-state index in [2.05, 4.69) is 31.1 Å². The molecular weight excluding hydrogens is 231 g/mol. The topological polar surface area (TPSA) is 34.1 Å². The molecule has 0 aromatic carbocycles. The average molecular weight is 254 g/mol. The molecule has 0 fully saturated rings. The lowest BCUT2D eigenvalue weighted by Gasteiger charge is -2.36. The zero-order valence-corrected chi connectivity index (χ0v) is 11.8. The number of pyridine rings is 1. The van der Waals surface area contributed by atoms with Gasteiger partial charge < -0.3 is 10.1 Å². The number of hydrogen-bond donors (Lipinski definition) is 1. The molecule has 1 rings (SSSR count). The highest BCUT2D eigenvalue weighted by molar-refractivity contribution is 5.17. The van der Waals surface area contributed by atoms with Crippen molar-refractivity contribution in [3.63, 3.8) is 0 Å². The van der Waals surface area contributed by atoms with Gasteiger partial charge in [-0.05, 0) is 31.0 Å². The first kappa shape index (κ1) is 15.1. The van der Waals surface area contributed by atoms with Crippen molar-refractivity contribution in [2.45, 2.75) is 39.8 Å². The van der Waals surface area contributed by atoms with Gasteiger partial charge in [-0.15, -0.1) is 0 Å². The van der Waals surface area contributed by atoms with Crippen LogP contribution in [0.4, 0.5) is 4.39 Å². The van der Waals surface area contributed by atoms with Crippen LogP contribution in [0, 0.1) is 11.2 Å². The van der Waals surface area contributed by atoms with Crippen molar-refractivity contribution < 1.29 is 9.13 Å². The summed E-state index contributed by atoms with van der Waals surface area (Å²) in [4.78, 5) is 3.91. The van der Waals surface area contributed by atoms with E-state index in [4.69, 9.17) is 4.74 Å². The number of nitrogens with one attached hydrogen (secondary N) is 1. The highest BCUT2D eigenvalue weighted by atomic mass is 19.1. The number of halogens is 1. The van der Waals surface area contributed by atoms with Crippen LogP contribution in [0.1, 0.15) is 39.3 Å². The van der Waals surface area contributed by atoms with Gasteiger partial charge in [0.1, 0.15) is 5.82 Å². The molecule has 0 bridgehead atoms. The van der Waals surface area contributed by atoms with Gasteiger partial charge in [-0.2, -0.15) is 0 Å². The number of likely N-dealkylation sites (N-methyl/N-ethyl adjacent to an activating group) is 1. The molecule has 1 aromatic rings. The van der Waals surface area contributed by atoms with Crippen molar-refractivity contribution in [1.29, 1.82) is 0 Å². The Morgan fingerprint density at radius 2 is 2.06 bits per heavy atom. The van der Waals surface area contributed by atoms with Gasteiger partial charge in [-0.25, -0.2) is 4.39 Å². The lowest BCUT2D eigenvalue weighted by molar-refractivity contribution is -0.0352. The van der Waals surface area contributed by atoms with Gasteiger partial charge in [0.15, 0.2) is 0 Å². The number of aromatic nitrogens is 1. The molecule has 1 aromatic heterocycles. The van der Waals surface area contributed by atoms with Crippen LogP contribution in [0.3, 0.4) is 0 Å². The van der Waals surface area contributed by atoms with E-state index in [0.29, 0.717) is 6.61 Å². The second kappa shape index (κ2) is 6.25. The molecular formula is C14H23FN2O. The summed E-state index contributed by atoms with van der Waals surface area (Å²) < 4.78 is 19.1. The molecule has 0 radical (unpaired) electrons. The standard InChI is InChI=1S/C14H23FN2O/c1-6-18-13(14(2,3)4)12(16-5)10-7-11(15)9-17-8-10/h7-9,12-13,16H,6H2,1-5H3. The first-order valence-corrected chi connectivity index (χ1v) is 6.29. The van der Waals surface area contributed by atoms with E-state index in [-0.39, 0.29) is 23.4 Å². The normalized spacial score (nSPS) is 15.4. The van der Waals surface area contributed by atoms with E-state index >= 15 is 0 Å². The number of ether oxygens (including phenoxy) is 1. The molecule has 2 atom stereocenters. The maximum Gasteiger partial charge on any atom is 0.141 e.